The number of hydrogen-bond acceptors (Lipinski definition) is 6. The minimum atomic E-state index is -0.330. The van der Waals surface area contributed by atoms with Crippen molar-refractivity contribution in [1.82, 2.24) is 15.2 Å². The fourth-order valence-electron chi connectivity index (χ4n) is 5.19. The Morgan fingerprint density at radius 1 is 1.11 bits per heavy atom. The number of pyridine rings is 1. The number of benzene rings is 1. The average Bonchev–Trinajstić information content (AvgIpc) is 2.86. The summed E-state index contributed by atoms with van der Waals surface area (Å²) in [5.41, 5.74) is 2.16. The number of carbonyl (C=O) groups is 3. The van der Waals surface area contributed by atoms with E-state index in [1.807, 2.05) is 12.1 Å². The van der Waals surface area contributed by atoms with Gasteiger partial charge in [-0.3, -0.25) is 19.4 Å². The molecule has 1 aliphatic carbocycles. The van der Waals surface area contributed by atoms with Gasteiger partial charge in [0.25, 0.3) is 5.91 Å². The number of aromatic nitrogens is 1. The lowest BCUT2D eigenvalue weighted by Crippen LogP contribution is -2.54. The second-order valence-corrected chi connectivity index (χ2v) is 10.2. The van der Waals surface area contributed by atoms with Crippen LogP contribution in [0, 0.1) is 5.92 Å². The molecule has 2 N–H and O–H groups in total. The normalized spacial score (nSPS) is 23.4. The lowest BCUT2D eigenvalue weighted by atomic mass is 9.85. The van der Waals surface area contributed by atoms with E-state index in [0.29, 0.717) is 30.0 Å². The van der Waals surface area contributed by atoms with Crippen molar-refractivity contribution in [3.8, 4) is 5.75 Å². The van der Waals surface area contributed by atoms with Gasteiger partial charge in [0.05, 0.1) is 24.1 Å². The molecule has 9 nitrogen and oxygen atoms in total. The number of ether oxygens (including phenoxy) is 2. The van der Waals surface area contributed by atoms with Crippen LogP contribution in [-0.2, 0) is 20.7 Å². The molecule has 2 aromatic rings. The monoisotopic (exact) mass is 506 g/mol. The van der Waals surface area contributed by atoms with Crippen LogP contribution in [-0.4, -0.2) is 66.1 Å². The zero-order chi connectivity index (χ0) is 25.8. The molecule has 1 aromatic heterocycles. The fourth-order valence-corrected chi connectivity index (χ4v) is 5.19. The van der Waals surface area contributed by atoms with Gasteiger partial charge in [0.1, 0.15) is 18.5 Å². The maximum Gasteiger partial charge on any atom is 0.257 e. The van der Waals surface area contributed by atoms with E-state index in [2.05, 4.69) is 15.6 Å². The van der Waals surface area contributed by atoms with Crippen LogP contribution in [0.3, 0.4) is 0 Å². The highest BCUT2D eigenvalue weighted by Crippen LogP contribution is 2.33. The van der Waals surface area contributed by atoms with Crippen LogP contribution >= 0.6 is 0 Å². The van der Waals surface area contributed by atoms with Crippen molar-refractivity contribution in [3.05, 3.63) is 53.9 Å². The Morgan fingerprint density at radius 2 is 1.92 bits per heavy atom. The fraction of sp³-hybridized carbons (Fsp3) is 0.500. The van der Waals surface area contributed by atoms with E-state index in [1.54, 1.807) is 42.5 Å². The number of nitrogens with one attached hydrogen (secondary N) is 2. The second-order valence-electron chi connectivity index (χ2n) is 10.2. The Bertz CT molecular complexity index is 1140. The summed E-state index contributed by atoms with van der Waals surface area (Å²) < 4.78 is 12.3. The predicted molar refractivity (Wildman–Crippen MR) is 137 cm³/mol. The molecule has 1 saturated heterocycles. The van der Waals surface area contributed by atoms with Gasteiger partial charge >= 0.3 is 0 Å². The van der Waals surface area contributed by atoms with Crippen LogP contribution in [0.2, 0.25) is 0 Å². The van der Waals surface area contributed by atoms with Crippen LogP contribution in [0.1, 0.15) is 54.4 Å². The molecule has 9 heteroatoms. The molecule has 1 saturated carbocycles. The van der Waals surface area contributed by atoms with Crippen molar-refractivity contribution in [2.75, 3.05) is 25.5 Å². The highest BCUT2D eigenvalue weighted by molar-refractivity contribution is 6.00. The molecule has 5 rings (SSSR count). The van der Waals surface area contributed by atoms with Gasteiger partial charge in [0.2, 0.25) is 11.8 Å². The number of hydrogen-bond donors (Lipinski definition) is 2. The molecule has 1 aromatic carbocycles. The molecule has 196 valence electrons. The maximum atomic E-state index is 13.4. The SMILES string of the molecule is CN1C(=O)c2cc(NC(=O)C3CCC3)ccc2OC[C@H]2O[C@@H](CC(=O)NCCc3ccncc3)CC[C@@H]21. The Hall–Kier alpha value is -3.46. The molecule has 3 heterocycles. The highest BCUT2D eigenvalue weighted by atomic mass is 16.5. The van der Waals surface area contributed by atoms with Crippen LogP contribution < -0.4 is 15.4 Å². The van der Waals surface area contributed by atoms with Crippen LogP contribution in [0.15, 0.2) is 42.7 Å². The van der Waals surface area contributed by atoms with Gasteiger partial charge in [-0.05, 0) is 68.0 Å². The topological polar surface area (TPSA) is 110 Å². The van der Waals surface area contributed by atoms with E-state index < -0.39 is 0 Å². The van der Waals surface area contributed by atoms with Crippen molar-refractivity contribution in [2.45, 2.75) is 63.2 Å². The quantitative estimate of drug-likeness (QED) is 0.598. The summed E-state index contributed by atoms with van der Waals surface area (Å²) in [4.78, 5) is 44.0. The van der Waals surface area contributed by atoms with Gasteiger partial charge in [-0.2, -0.15) is 0 Å². The maximum absolute atomic E-state index is 13.4. The lowest BCUT2D eigenvalue weighted by Gasteiger charge is -2.42. The number of carbonyl (C=O) groups excluding carboxylic acids is 3. The van der Waals surface area contributed by atoms with Crippen molar-refractivity contribution in [3.63, 3.8) is 0 Å². The first-order valence-corrected chi connectivity index (χ1v) is 13.1. The van der Waals surface area contributed by atoms with Crippen molar-refractivity contribution in [1.29, 1.82) is 0 Å². The third kappa shape index (κ3) is 5.93. The Morgan fingerprint density at radius 3 is 2.68 bits per heavy atom. The summed E-state index contributed by atoms with van der Waals surface area (Å²) >= 11 is 0. The van der Waals surface area contributed by atoms with Crippen molar-refractivity contribution in [2.24, 2.45) is 5.92 Å². The van der Waals surface area contributed by atoms with Gasteiger partial charge in [-0.25, -0.2) is 0 Å². The molecule has 37 heavy (non-hydrogen) atoms. The molecule has 0 bridgehead atoms. The minimum absolute atomic E-state index is 0.00644. The summed E-state index contributed by atoms with van der Waals surface area (Å²) in [6.07, 6.45) is 8.27. The van der Waals surface area contributed by atoms with Crippen molar-refractivity contribution < 1.29 is 23.9 Å². The van der Waals surface area contributed by atoms with E-state index >= 15 is 0 Å². The molecule has 0 spiro atoms. The Kier molecular flexibility index (Phi) is 7.69. The Balaban J connectivity index is 1.17. The van der Waals surface area contributed by atoms with E-state index in [0.717, 1.165) is 37.7 Å². The molecular weight excluding hydrogens is 472 g/mol. The number of likely N-dealkylation sites (N-methyl/N-ethyl adjacent to an activating group) is 1. The Labute approximate surface area is 216 Å². The third-order valence-electron chi connectivity index (χ3n) is 7.65. The smallest absolute Gasteiger partial charge is 0.257 e. The van der Waals surface area contributed by atoms with Gasteiger partial charge in [0.15, 0.2) is 0 Å². The summed E-state index contributed by atoms with van der Waals surface area (Å²) in [5, 5.41) is 5.91. The molecule has 3 atom stereocenters. The molecule has 0 radical (unpaired) electrons. The minimum Gasteiger partial charge on any atom is -0.490 e. The number of fused-ring (bicyclic) bond motifs is 2. The average molecular weight is 507 g/mol. The van der Waals surface area contributed by atoms with Gasteiger partial charge in [-0.15, -0.1) is 0 Å². The highest BCUT2D eigenvalue weighted by Gasteiger charge is 2.39. The molecular formula is C28H34N4O5. The van der Waals surface area contributed by atoms with E-state index in [9.17, 15) is 14.4 Å². The third-order valence-corrected chi connectivity index (χ3v) is 7.65. The number of anilines is 1. The zero-order valence-corrected chi connectivity index (χ0v) is 21.2. The molecule has 3 amide bonds. The van der Waals surface area contributed by atoms with Gasteiger partial charge in [0, 0.05) is 37.6 Å². The number of amides is 3. The van der Waals surface area contributed by atoms with Gasteiger partial charge in [-0.1, -0.05) is 6.42 Å². The number of nitrogens with zero attached hydrogens (tertiary/aromatic N) is 2. The molecule has 3 aliphatic rings. The van der Waals surface area contributed by atoms with E-state index in [1.165, 1.54) is 0 Å². The largest absolute Gasteiger partial charge is 0.490 e. The summed E-state index contributed by atoms with van der Waals surface area (Å²) in [6, 6.07) is 8.92. The van der Waals surface area contributed by atoms with Crippen LogP contribution in [0.4, 0.5) is 5.69 Å². The second kappa shape index (κ2) is 11.3. The summed E-state index contributed by atoms with van der Waals surface area (Å²) in [7, 11) is 1.78. The standard InChI is InChI=1S/C28H34N4O5/c1-32-23-7-6-21(16-26(33)30-14-11-18-9-12-29-13-10-18)37-25(23)17-36-24-8-5-20(15-22(24)28(32)35)31-27(34)19-3-2-4-19/h5,8-10,12-13,15,19,21,23,25H,2-4,6-7,11,14,16-17H2,1H3,(H,30,33)(H,31,34)/t21-,23+,25-/m1/s1. The predicted octanol–water partition coefficient (Wildman–Crippen LogP) is 2.95. The first kappa shape index (κ1) is 25.2. The lowest BCUT2D eigenvalue weighted by molar-refractivity contribution is -0.134. The van der Waals surface area contributed by atoms with E-state index in [4.69, 9.17) is 9.47 Å². The summed E-state index contributed by atoms with van der Waals surface area (Å²) in [6.45, 7) is 0.838. The van der Waals surface area contributed by atoms with Crippen molar-refractivity contribution >= 4 is 23.4 Å². The molecule has 0 unspecified atom stereocenters. The summed E-state index contributed by atoms with van der Waals surface area (Å²) in [5.74, 6) is 0.326. The molecule has 2 fully saturated rings. The van der Waals surface area contributed by atoms with E-state index in [-0.39, 0.29) is 54.9 Å². The van der Waals surface area contributed by atoms with Crippen LogP contribution in [0.5, 0.6) is 5.75 Å². The van der Waals surface area contributed by atoms with Gasteiger partial charge < -0.3 is 25.0 Å². The molecule has 2 aliphatic heterocycles. The first-order valence-electron chi connectivity index (χ1n) is 13.1. The number of rotatable bonds is 7. The van der Waals surface area contributed by atoms with Crippen LogP contribution in [0.25, 0.3) is 0 Å². The zero-order valence-electron chi connectivity index (χ0n) is 21.2. The first-order chi connectivity index (χ1) is 18.0.